The summed E-state index contributed by atoms with van der Waals surface area (Å²) in [5.41, 5.74) is 0. The Morgan fingerprint density at radius 2 is 1.05 bits per heavy atom. The van der Waals surface area contributed by atoms with Crippen molar-refractivity contribution in [3.8, 4) is 0 Å². The van der Waals surface area contributed by atoms with Crippen LogP contribution in [0.5, 0.6) is 0 Å². The monoisotopic (exact) mass is 347 g/mol. The van der Waals surface area contributed by atoms with Gasteiger partial charge in [0.15, 0.2) is 0 Å². The van der Waals surface area contributed by atoms with Crippen LogP contribution in [-0.4, -0.2) is 42.7 Å². The van der Waals surface area contributed by atoms with Gasteiger partial charge in [-0.05, 0) is 0 Å². The quantitative estimate of drug-likeness (QED) is 0.714. The SMILES string of the molecule is Cl.Cl.[CH3][Ti][N]1CCCCNCCCCNCCCC1. The van der Waals surface area contributed by atoms with Gasteiger partial charge >= 0.3 is 116 Å². The molecule has 1 rings (SSSR count). The fourth-order valence-corrected chi connectivity index (χ4v) is 3.38. The van der Waals surface area contributed by atoms with Crippen LogP contribution >= 0.6 is 24.8 Å². The molecule has 19 heavy (non-hydrogen) atoms. The normalized spacial score (nSPS) is 21.1. The van der Waals surface area contributed by atoms with Gasteiger partial charge in [-0.2, -0.15) is 0 Å². The molecule has 0 aromatic rings. The summed E-state index contributed by atoms with van der Waals surface area (Å²) >= 11 is 0.169. The first-order valence-corrected chi connectivity index (χ1v) is 9.53. The second kappa shape index (κ2) is 17.2. The third kappa shape index (κ3) is 13.9. The molecule has 1 aliphatic heterocycles. The Bertz CT molecular complexity index is 160. The Hall–Kier alpha value is 1.17. The number of rotatable bonds is 1. The van der Waals surface area contributed by atoms with E-state index in [1.54, 1.807) is 0 Å². The van der Waals surface area contributed by atoms with E-state index < -0.39 is 0 Å². The van der Waals surface area contributed by atoms with Gasteiger partial charge < -0.3 is 0 Å². The predicted octanol–water partition coefficient (Wildman–Crippen LogP) is 2.71. The third-order valence-electron chi connectivity index (χ3n) is 3.34. The molecular weight excluding hydrogens is 317 g/mol. The zero-order valence-electron chi connectivity index (χ0n) is 12.2. The van der Waals surface area contributed by atoms with Crippen LogP contribution in [0, 0.1) is 0 Å². The van der Waals surface area contributed by atoms with Gasteiger partial charge in [0, 0.05) is 0 Å². The van der Waals surface area contributed by atoms with Gasteiger partial charge in [-0.15, -0.1) is 24.8 Å². The van der Waals surface area contributed by atoms with Crippen molar-refractivity contribution in [2.75, 3.05) is 39.3 Å². The summed E-state index contributed by atoms with van der Waals surface area (Å²) in [7, 11) is 0. The average Bonchev–Trinajstić information content (AvgIpc) is 2.36. The zero-order valence-corrected chi connectivity index (χ0v) is 15.4. The van der Waals surface area contributed by atoms with E-state index in [2.05, 4.69) is 19.2 Å². The van der Waals surface area contributed by atoms with Crippen LogP contribution in [0.3, 0.4) is 0 Å². The van der Waals surface area contributed by atoms with Crippen LogP contribution in [0.25, 0.3) is 0 Å². The minimum absolute atomic E-state index is 0. The number of hydrogen-bond donors (Lipinski definition) is 2. The van der Waals surface area contributed by atoms with E-state index >= 15 is 0 Å². The van der Waals surface area contributed by atoms with E-state index in [0.29, 0.717) is 0 Å². The van der Waals surface area contributed by atoms with Gasteiger partial charge in [0.05, 0.1) is 0 Å². The molecule has 1 heterocycles. The number of nitrogens with one attached hydrogen (secondary N) is 2. The fraction of sp³-hybridized carbons (Fsp3) is 1.00. The molecule has 1 fully saturated rings. The number of nitrogens with zero attached hydrogens (tertiary/aromatic N) is 1. The van der Waals surface area contributed by atoms with Crippen LogP contribution in [0.2, 0.25) is 5.23 Å². The summed E-state index contributed by atoms with van der Waals surface area (Å²) in [6, 6.07) is 0. The second-order valence-corrected chi connectivity index (χ2v) is 6.52. The van der Waals surface area contributed by atoms with Crippen molar-refractivity contribution in [3.05, 3.63) is 0 Å². The Morgan fingerprint density at radius 1 is 0.684 bits per heavy atom. The molecule has 0 amide bonds. The van der Waals surface area contributed by atoms with Crippen molar-refractivity contribution in [2.24, 2.45) is 0 Å². The Kier molecular flexibility index (Phi) is 20.4. The molecule has 6 heteroatoms. The Balaban J connectivity index is 0. The van der Waals surface area contributed by atoms with Crippen molar-refractivity contribution in [1.82, 2.24) is 14.0 Å². The van der Waals surface area contributed by atoms with E-state index in [4.69, 9.17) is 0 Å². The summed E-state index contributed by atoms with van der Waals surface area (Å²) in [6.45, 7) is 7.51. The van der Waals surface area contributed by atoms with Crippen LogP contribution in [-0.2, 0) is 19.4 Å². The third-order valence-corrected chi connectivity index (χ3v) is 5.02. The molecule has 2 N–H and O–H groups in total. The van der Waals surface area contributed by atoms with Gasteiger partial charge in [-0.3, -0.25) is 0 Å². The van der Waals surface area contributed by atoms with Crippen molar-refractivity contribution in [1.29, 1.82) is 0 Å². The minimum atomic E-state index is 0. The summed E-state index contributed by atoms with van der Waals surface area (Å²) < 4.78 is 2.72. The average molecular weight is 348 g/mol. The van der Waals surface area contributed by atoms with Crippen LogP contribution in [0.1, 0.15) is 38.5 Å². The van der Waals surface area contributed by atoms with Crippen LogP contribution < -0.4 is 10.6 Å². The van der Waals surface area contributed by atoms with Crippen LogP contribution in [0.4, 0.5) is 0 Å². The Morgan fingerprint density at radius 3 is 1.42 bits per heavy atom. The molecule has 0 aromatic carbocycles. The molecule has 3 nitrogen and oxygen atoms in total. The summed E-state index contributed by atoms with van der Waals surface area (Å²) in [5, 5.41) is 9.51. The van der Waals surface area contributed by atoms with Crippen molar-refractivity contribution in [3.63, 3.8) is 0 Å². The Labute approximate surface area is 141 Å². The van der Waals surface area contributed by atoms with Gasteiger partial charge in [0.25, 0.3) is 0 Å². The standard InChI is InChI=1S/C12H26N3.CH3.2ClH.Ti/c1-2-8-14-10-5-6-12-15-11-4-3-9-13-7-1;;;;/h13-14H,1-12H2;1H3;2*1H;/q-1;;;;+1. The summed E-state index contributed by atoms with van der Waals surface area (Å²) in [5.74, 6) is 0. The maximum absolute atomic E-state index is 3.55. The molecule has 0 unspecified atom stereocenters. The predicted molar refractivity (Wildman–Crippen MR) is 85.4 cm³/mol. The van der Waals surface area contributed by atoms with E-state index in [9.17, 15) is 0 Å². The van der Waals surface area contributed by atoms with Gasteiger partial charge in [-0.1, -0.05) is 0 Å². The topological polar surface area (TPSA) is 27.3 Å². The summed E-state index contributed by atoms with van der Waals surface area (Å²) in [6.07, 6.45) is 8.09. The fourth-order valence-electron chi connectivity index (χ4n) is 2.19. The van der Waals surface area contributed by atoms with Crippen molar-refractivity contribution >= 4 is 24.8 Å². The number of halogens is 2. The molecule has 116 valence electrons. The molecule has 0 atom stereocenters. The zero-order chi connectivity index (χ0) is 12.2. The summed E-state index contributed by atoms with van der Waals surface area (Å²) in [4.78, 5) is 0. The van der Waals surface area contributed by atoms with E-state index in [1.807, 2.05) is 0 Å². The van der Waals surface area contributed by atoms with E-state index in [-0.39, 0.29) is 44.2 Å². The molecular formula is C13H31Cl2N3Ti. The first-order valence-electron chi connectivity index (χ1n) is 7.27. The second-order valence-electron chi connectivity index (χ2n) is 4.83. The van der Waals surface area contributed by atoms with E-state index in [0.717, 1.165) is 0 Å². The molecule has 0 aromatic heterocycles. The molecule has 0 aliphatic carbocycles. The molecule has 1 aliphatic rings. The molecule has 0 spiro atoms. The van der Waals surface area contributed by atoms with E-state index in [1.165, 1.54) is 77.8 Å². The molecule has 0 bridgehead atoms. The van der Waals surface area contributed by atoms with Gasteiger partial charge in [-0.25, -0.2) is 0 Å². The van der Waals surface area contributed by atoms with Crippen molar-refractivity contribution < 1.29 is 19.4 Å². The van der Waals surface area contributed by atoms with Crippen molar-refractivity contribution in [2.45, 2.75) is 43.8 Å². The number of hydrogen-bond acceptors (Lipinski definition) is 3. The molecule has 1 saturated heterocycles. The molecule has 0 radical (unpaired) electrons. The van der Waals surface area contributed by atoms with Gasteiger partial charge in [0.2, 0.25) is 0 Å². The first-order chi connectivity index (χ1) is 8.43. The van der Waals surface area contributed by atoms with Crippen LogP contribution in [0.15, 0.2) is 0 Å². The first kappa shape index (κ1) is 22.5. The molecule has 0 saturated carbocycles. The van der Waals surface area contributed by atoms with Gasteiger partial charge in [0.1, 0.15) is 0 Å². The maximum atomic E-state index is 3.55.